The smallest absolute Gasteiger partial charge is 0.416 e. The lowest BCUT2D eigenvalue weighted by Crippen LogP contribution is -2.52. The molecule has 1 unspecified atom stereocenters. The first-order chi connectivity index (χ1) is 13.8. The highest BCUT2D eigenvalue weighted by molar-refractivity contribution is 5.81. The van der Waals surface area contributed by atoms with Gasteiger partial charge in [0.2, 0.25) is 0 Å². The number of hydrogen-bond acceptors (Lipinski definition) is 3. The molecule has 1 amide bonds. The van der Waals surface area contributed by atoms with Crippen LogP contribution in [0.15, 0.2) is 48.5 Å². The molecular weight excluding hydrogens is 381 g/mol. The van der Waals surface area contributed by atoms with Crippen molar-refractivity contribution in [2.24, 2.45) is 0 Å². The van der Waals surface area contributed by atoms with E-state index in [2.05, 4.69) is 0 Å². The zero-order chi connectivity index (χ0) is 21.0. The highest BCUT2D eigenvalue weighted by atomic mass is 19.4. The van der Waals surface area contributed by atoms with Gasteiger partial charge in [-0.3, -0.25) is 4.79 Å². The van der Waals surface area contributed by atoms with E-state index in [9.17, 15) is 18.0 Å². The minimum atomic E-state index is -4.37. The molecule has 1 aliphatic heterocycles. The van der Waals surface area contributed by atoms with Crippen LogP contribution in [-0.2, 0) is 17.4 Å². The zero-order valence-electron chi connectivity index (χ0n) is 16.6. The number of aryl methyl sites for hydroxylation is 1. The van der Waals surface area contributed by atoms with E-state index in [0.29, 0.717) is 37.6 Å². The van der Waals surface area contributed by atoms with E-state index in [1.54, 1.807) is 17.9 Å². The summed E-state index contributed by atoms with van der Waals surface area (Å²) < 4.78 is 44.7. The number of amides is 1. The van der Waals surface area contributed by atoms with E-state index in [-0.39, 0.29) is 5.91 Å². The summed E-state index contributed by atoms with van der Waals surface area (Å²) in [5.41, 5.74) is 0.903. The van der Waals surface area contributed by atoms with Crippen LogP contribution in [0.4, 0.5) is 18.9 Å². The van der Waals surface area contributed by atoms with Crippen LogP contribution >= 0.6 is 0 Å². The first-order valence-electron chi connectivity index (χ1n) is 9.75. The van der Waals surface area contributed by atoms with Crippen LogP contribution < -0.4 is 9.64 Å². The highest BCUT2D eigenvalue weighted by Gasteiger charge is 2.31. The van der Waals surface area contributed by atoms with Crippen molar-refractivity contribution in [1.82, 2.24) is 4.90 Å². The summed E-state index contributed by atoms with van der Waals surface area (Å²) in [5, 5.41) is 0. The third-order valence-corrected chi connectivity index (χ3v) is 5.13. The Morgan fingerprint density at radius 2 is 1.76 bits per heavy atom. The lowest BCUT2D eigenvalue weighted by atomic mass is 10.1. The monoisotopic (exact) mass is 406 g/mol. The van der Waals surface area contributed by atoms with Gasteiger partial charge in [-0.1, -0.05) is 31.2 Å². The van der Waals surface area contributed by atoms with Gasteiger partial charge in [0.25, 0.3) is 5.91 Å². The van der Waals surface area contributed by atoms with Crippen molar-refractivity contribution < 1.29 is 22.7 Å². The Balaban J connectivity index is 1.59. The van der Waals surface area contributed by atoms with Crippen LogP contribution in [0.25, 0.3) is 0 Å². The number of rotatable bonds is 5. The van der Waals surface area contributed by atoms with E-state index < -0.39 is 17.8 Å². The van der Waals surface area contributed by atoms with Gasteiger partial charge in [-0.25, -0.2) is 0 Å². The molecule has 2 aromatic rings. The molecule has 1 atom stereocenters. The Hall–Kier alpha value is -2.70. The molecule has 4 nitrogen and oxygen atoms in total. The fourth-order valence-electron chi connectivity index (χ4n) is 3.47. The van der Waals surface area contributed by atoms with Crippen molar-refractivity contribution in [3.63, 3.8) is 0 Å². The number of alkyl halides is 3. The summed E-state index contributed by atoms with van der Waals surface area (Å²) in [6, 6.07) is 12.9. The van der Waals surface area contributed by atoms with Crippen molar-refractivity contribution in [3.05, 3.63) is 59.7 Å². The van der Waals surface area contributed by atoms with Crippen LogP contribution in [0.2, 0.25) is 0 Å². The van der Waals surface area contributed by atoms with Crippen LogP contribution in [0.5, 0.6) is 5.75 Å². The molecule has 0 radical (unpaired) electrons. The predicted molar refractivity (Wildman–Crippen MR) is 106 cm³/mol. The Morgan fingerprint density at radius 3 is 2.41 bits per heavy atom. The molecule has 1 saturated heterocycles. The number of anilines is 1. The van der Waals surface area contributed by atoms with Crippen LogP contribution in [0, 0.1) is 0 Å². The number of hydrogen-bond donors (Lipinski definition) is 0. The molecule has 29 heavy (non-hydrogen) atoms. The summed E-state index contributed by atoms with van der Waals surface area (Å²) >= 11 is 0. The second-order valence-electron chi connectivity index (χ2n) is 7.08. The van der Waals surface area contributed by atoms with Crippen LogP contribution in [0.3, 0.4) is 0 Å². The minimum absolute atomic E-state index is 0.111. The third kappa shape index (κ3) is 5.02. The molecule has 0 aliphatic carbocycles. The molecule has 1 aliphatic rings. The maximum Gasteiger partial charge on any atom is 0.416 e. The van der Waals surface area contributed by atoms with E-state index in [0.717, 1.165) is 24.1 Å². The molecule has 7 heteroatoms. The van der Waals surface area contributed by atoms with Gasteiger partial charge in [0.1, 0.15) is 5.75 Å². The molecule has 2 aromatic carbocycles. The molecule has 0 spiro atoms. The normalized spacial score (nSPS) is 15.9. The van der Waals surface area contributed by atoms with Crippen LogP contribution in [-0.4, -0.2) is 43.1 Å². The van der Waals surface area contributed by atoms with Gasteiger partial charge in [0.05, 0.1) is 5.56 Å². The summed E-state index contributed by atoms with van der Waals surface area (Å²) in [4.78, 5) is 16.3. The van der Waals surface area contributed by atoms with Gasteiger partial charge >= 0.3 is 6.18 Å². The highest BCUT2D eigenvalue weighted by Crippen LogP contribution is 2.32. The molecule has 0 aromatic heterocycles. The second-order valence-corrected chi connectivity index (χ2v) is 7.08. The molecule has 3 rings (SSSR count). The maximum atomic E-state index is 12.9. The second kappa shape index (κ2) is 8.76. The van der Waals surface area contributed by atoms with Crippen molar-refractivity contribution in [3.8, 4) is 5.75 Å². The number of piperazine rings is 1. The predicted octanol–water partition coefficient (Wildman–Crippen LogP) is 4.38. The maximum absolute atomic E-state index is 12.9. The summed E-state index contributed by atoms with van der Waals surface area (Å²) in [7, 11) is 0. The molecule has 1 heterocycles. The number of benzene rings is 2. The number of carbonyl (C=O) groups is 1. The molecular formula is C22H25F3N2O2. The lowest BCUT2D eigenvalue weighted by Gasteiger charge is -2.37. The van der Waals surface area contributed by atoms with E-state index in [1.165, 1.54) is 6.07 Å². The van der Waals surface area contributed by atoms with E-state index >= 15 is 0 Å². The van der Waals surface area contributed by atoms with Gasteiger partial charge < -0.3 is 14.5 Å². The van der Waals surface area contributed by atoms with E-state index in [4.69, 9.17) is 4.74 Å². The Kier molecular flexibility index (Phi) is 6.35. The standard InChI is InChI=1S/C22H25F3N2O2/c1-3-17-7-4-5-10-20(17)29-16(2)21(28)27-13-11-26(12-14-27)19-9-6-8-18(15-19)22(23,24)25/h4-10,15-16H,3,11-14H2,1-2H3. The number of nitrogens with zero attached hydrogens (tertiary/aromatic N) is 2. The number of halogens is 3. The van der Waals surface area contributed by atoms with Crippen molar-refractivity contribution >= 4 is 11.6 Å². The lowest BCUT2D eigenvalue weighted by molar-refractivity contribution is -0.138. The topological polar surface area (TPSA) is 32.8 Å². The van der Waals surface area contributed by atoms with Gasteiger partial charge in [-0.05, 0) is 43.2 Å². The molecule has 0 N–H and O–H groups in total. The quantitative estimate of drug-likeness (QED) is 0.739. The van der Waals surface area contributed by atoms with Crippen LogP contribution in [0.1, 0.15) is 25.0 Å². The van der Waals surface area contributed by atoms with Crippen molar-refractivity contribution in [2.45, 2.75) is 32.5 Å². The summed E-state index contributed by atoms with van der Waals surface area (Å²) in [6.45, 7) is 5.60. The third-order valence-electron chi connectivity index (χ3n) is 5.13. The minimum Gasteiger partial charge on any atom is -0.481 e. The summed E-state index contributed by atoms with van der Waals surface area (Å²) in [5.74, 6) is 0.595. The first-order valence-corrected chi connectivity index (χ1v) is 9.75. The number of ether oxygens (including phenoxy) is 1. The Morgan fingerprint density at radius 1 is 1.07 bits per heavy atom. The molecule has 0 bridgehead atoms. The van der Waals surface area contributed by atoms with Gasteiger partial charge in [0, 0.05) is 31.9 Å². The Labute approximate surface area is 168 Å². The number of carbonyl (C=O) groups excluding carboxylic acids is 1. The summed E-state index contributed by atoms with van der Waals surface area (Å²) in [6.07, 6.45) is -4.18. The average Bonchev–Trinajstić information content (AvgIpc) is 2.73. The zero-order valence-corrected chi connectivity index (χ0v) is 16.6. The molecule has 156 valence electrons. The average molecular weight is 406 g/mol. The fourth-order valence-corrected chi connectivity index (χ4v) is 3.47. The van der Waals surface area contributed by atoms with Gasteiger partial charge in [0.15, 0.2) is 6.10 Å². The first kappa shape index (κ1) is 21.0. The van der Waals surface area contributed by atoms with E-state index in [1.807, 2.05) is 36.1 Å². The number of para-hydroxylation sites is 1. The van der Waals surface area contributed by atoms with Crippen molar-refractivity contribution in [2.75, 3.05) is 31.1 Å². The largest absolute Gasteiger partial charge is 0.481 e. The van der Waals surface area contributed by atoms with Gasteiger partial charge in [-0.2, -0.15) is 13.2 Å². The Bertz CT molecular complexity index is 846. The molecule has 1 fully saturated rings. The van der Waals surface area contributed by atoms with Gasteiger partial charge in [-0.15, -0.1) is 0 Å². The molecule has 0 saturated carbocycles. The SMILES string of the molecule is CCc1ccccc1OC(C)C(=O)N1CCN(c2cccc(C(F)(F)F)c2)CC1. The van der Waals surface area contributed by atoms with Crippen molar-refractivity contribution in [1.29, 1.82) is 0 Å². The fraction of sp³-hybridized carbons (Fsp3) is 0.409.